The third-order valence-electron chi connectivity index (χ3n) is 2.73. The number of aryl methyl sites for hydroxylation is 1. The number of methoxy groups -OCH3 is 1. The van der Waals surface area contributed by atoms with E-state index in [1.165, 1.54) is 25.4 Å². The molecule has 0 unspecified atom stereocenters. The summed E-state index contributed by atoms with van der Waals surface area (Å²) in [5.74, 6) is -0.120. The molecule has 1 aliphatic rings. The fourth-order valence-electron chi connectivity index (χ4n) is 1.93. The first kappa shape index (κ1) is 12.8. The predicted octanol–water partition coefficient (Wildman–Crippen LogP) is 1.31. The number of alkyl carbamates (subject to hydrolysis) is 1. The molecule has 18 heavy (non-hydrogen) atoms. The highest BCUT2D eigenvalue weighted by atomic mass is 32.1. The molecule has 0 spiro atoms. The number of rotatable bonds is 2. The molecular weight excluding hydrogens is 254 g/mol. The number of anilines is 1. The second-order valence-corrected chi connectivity index (χ2v) is 5.23. The standard InChI is InChI=1S/C11H15N3O3S/c1-6(15)12-10-14-8-4-3-7(5-9(8)18-10)13-11(16)17-2/h7H,3-5H2,1-2H3,(H,13,16)(H,12,14,15)/t7-/m1/s1. The van der Waals surface area contributed by atoms with Crippen molar-refractivity contribution < 1.29 is 14.3 Å². The van der Waals surface area contributed by atoms with Crippen LogP contribution in [-0.4, -0.2) is 30.1 Å². The van der Waals surface area contributed by atoms with Crippen molar-refractivity contribution in [1.82, 2.24) is 10.3 Å². The van der Waals surface area contributed by atoms with Crippen LogP contribution in [0.2, 0.25) is 0 Å². The molecule has 98 valence electrons. The lowest BCUT2D eigenvalue weighted by Gasteiger charge is -2.21. The van der Waals surface area contributed by atoms with E-state index in [9.17, 15) is 9.59 Å². The molecule has 1 heterocycles. The Kier molecular flexibility index (Phi) is 3.81. The zero-order valence-corrected chi connectivity index (χ0v) is 11.1. The van der Waals surface area contributed by atoms with Crippen LogP contribution in [0.15, 0.2) is 0 Å². The summed E-state index contributed by atoms with van der Waals surface area (Å²) in [4.78, 5) is 27.6. The van der Waals surface area contributed by atoms with Gasteiger partial charge in [0.25, 0.3) is 0 Å². The summed E-state index contributed by atoms with van der Waals surface area (Å²) in [6, 6.07) is 0.0792. The molecule has 0 aliphatic heterocycles. The van der Waals surface area contributed by atoms with Crippen LogP contribution >= 0.6 is 11.3 Å². The average Bonchev–Trinajstić information content (AvgIpc) is 2.69. The van der Waals surface area contributed by atoms with Gasteiger partial charge in [-0.25, -0.2) is 9.78 Å². The number of amides is 2. The van der Waals surface area contributed by atoms with E-state index in [1.807, 2.05) is 0 Å². The van der Waals surface area contributed by atoms with Crippen molar-refractivity contribution in [1.29, 1.82) is 0 Å². The number of hydrogen-bond acceptors (Lipinski definition) is 5. The van der Waals surface area contributed by atoms with Gasteiger partial charge in [-0.15, -0.1) is 11.3 Å². The van der Waals surface area contributed by atoms with Gasteiger partial charge in [0.1, 0.15) is 0 Å². The molecule has 2 N–H and O–H groups in total. The lowest BCUT2D eigenvalue weighted by atomic mass is 9.98. The van der Waals surface area contributed by atoms with E-state index in [2.05, 4.69) is 20.4 Å². The summed E-state index contributed by atoms with van der Waals surface area (Å²) in [5.41, 5.74) is 1.02. The summed E-state index contributed by atoms with van der Waals surface area (Å²) in [7, 11) is 1.35. The molecular formula is C11H15N3O3S. The molecule has 1 aromatic rings. The Hall–Kier alpha value is -1.63. The average molecular weight is 269 g/mol. The van der Waals surface area contributed by atoms with Gasteiger partial charge in [0.15, 0.2) is 5.13 Å². The topological polar surface area (TPSA) is 80.3 Å². The van der Waals surface area contributed by atoms with Crippen LogP contribution in [0, 0.1) is 0 Å². The number of nitrogens with one attached hydrogen (secondary N) is 2. The highest BCUT2D eigenvalue weighted by molar-refractivity contribution is 7.15. The third kappa shape index (κ3) is 2.98. The number of nitrogens with zero attached hydrogens (tertiary/aromatic N) is 1. The first-order valence-corrected chi connectivity index (χ1v) is 6.50. The summed E-state index contributed by atoms with van der Waals surface area (Å²) >= 11 is 1.47. The van der Waals surface area contributed by atoms with Crippen LogP contribution in [0.4, 0.5) is 9.93 Å². The number of thiazole rings is 1. The van der Waals surface area contributed by atoms with Gasteiger partial charge in [-0.05, 0) is 12.8 Å². The lowest BCUT2D eigenvalue weighted by molar-refractivity contribution is -0.114. The van der Waals surface area contributed by atoms with Crippen molar-refractivity contribution in [2.45, 2.75) is 32.2 Å². The van der Waals surface area contributed by atoms with Gasteiger partial charge in [0.05, 0.1) is 12.8 Å². The van der Waals surface area contributed by atoms with E-state index in [4.69, 9.17) is 0 Å². The Morgan fingerprint density at radius 2 is 2.28 bits per heavy atom. The third-order valence-corrected chi connectivity index (χ3v) is 3.77. The maximum atomic E-state index is 11.1. The Bertz CT molecular complexity index is 472. The molecule has 1 atom stereocenters. The highest BCUT2D eigenvalue weighted by Gasteiger charge is 2.24. The fourth-order valence-corrected chi connectivity index (χ4v) is 3.06. The van der Waals surface area contributed by atoms with E-state index in [-0.39, 0.29) is 11.9 Å². The molecule has 7 heteroatoms. The number of fused-ring (bicyclic) bond motifs is 1. The zero-order valence-electron chi connectivity index (χ0n) is 10.3. The minimum atomic E-state index is -0.407. The molecule has 2 amide bonds. The molecule has 1 aromatic heterocycles. The van der Waals surface area contributed by atoms with E-state index in [0.29, 0.717) is 5.13 Å². The Labute approximate surface area is 109 Å². The Morgan fingerprint density at radius 3 is 2.94 bits per heavy atom. The van der Waals surface area contributed by atoms with Gasteiger partial charge in [0, 0.05) is 24.3 Å². The largest absolute Gasteiger partial charge is 0.453 e. The normalized spacial score (nSPS) is 17.8. The van der Waals surface area contributed by atoms with Crippen molar-refractivity contribution in [3.05, 3.63) is 10.6 Å². The van der Waals surface area contributed by atoms with Crippen LogP contribution in [0.25, 0.3) is 0 Å². The lowest BCUT2D eigenvalue weighted by Crippen LogP contribution is -2.38. The summed E-state index contributed by atoms with van der Waals surface area (Å²) in [6.07, 6.45) is 1.97. The van der Waals surface area contributed by atoms with E-state index in [1.54, 1.807) is 0 Å². The van der Waals surface area contributed by atoms with Crippen molar-refractivity contribution in [2.24, 2.45) is 0 Å². The van der Waals surface area contributed by atoms with Gasteiger partial charge in [-0.1, -0.05) is 0 Å². The number of carbonyl (C=O) groups excluding carboxylic acids is 2. The van der Waals surface area contributed by atoms with Crippen molar-refractivity contribution in [3.63, 3.8) is 0 Å². The maximum absolute atomic E-state index is 11.1. The van der Waals surface area contributed by atoms with Crippen molar-refractivity contribution >= 4 is 28.5 Å². The summed E-state index contributed by atoms with van der Waals surface area (Å²) in [6.45, 7) is 1.46. The molecule has 0 radical (unpaired) electrons. The number of ether oxygens (including phenoxy) is 1. The second kappa shape index (κ2) is 5.34. The summed E-state index contributed by atoms with van der Waals surface area (Å²) < 4.78 is 4.58. The van der Waals surface area contributed by atoms with Gasteiger partial charge < -0.3 is 15.4 Å². The van der Waals surface area contributed by atoms with Crippen molar-refractivity contribution in [3.8, 4) is 0 Å². The number of hydrogen-bond donors (Lipinski definition) is 2. The van der Waals surface area contributed by atoms with E-state index >= 15 is 0 Å². The van der Waals surface area contributed by atoms with Crippen LogP contribution < -0.4 is 10.6 Å². The molecule has 0 saturated carbocycles. The van der Waals surface area contributed by atoms with Crippen LogP contribution in [0.1, 0.15) is 23.9 Å². The minimum Gasteiger partial charge on any atom is -0.453 e. The first-order valence-electron chi connectivity index (χ1n) is 5.69. The fraction of sp³-hybridized carbons (Fsp3) is 0.545. The molecule has 0 bridgehead atoms. The smallest absolute Gasteiger partial charge is 0.407 e. The van der Waals surface area contributed by atoms with Crippen LogP contribution in [-0.2, 0) is 22.4 Å². The monoisotopic (exact) mass is 269 g/mol. The molecule has 1 aliphatic carbocycles. The molecule has 6 nitrogen and oxygen atoms in total. The molecule has 0 fully saturated rings. The number of aromatic nitrogens is 1. The summed E-state index contributed by atoms with van der Waals surface area (Å²) in [5, 5.41) is 6.11. The highest BCUT2D eigenvalue weighted by Crippen LogP contribution is 2.29. The van der Waals surface area contributed by atoms with Gasteiger partial charge in [0.2, 0.25) is 5.91 Å². The van der Waals surface area contributed by atoms with Gasteiger partial charge in [-0.2, -0.15) is 0 Å². The first-order chi connectivity index (χ1) is 8.58. The predicted molar refractivity (Wildman–Crippen MR) is 67.8 cm³/mol. The van der Waals surface area contributed by atoms with Crippen LogP contribution in [0.3, 0.4) is 0 Å². The van der Waals surface area contributed by atoms with Gasteiger partial charge >= 0.3 is 6.09 Å². The molecule has 0 aromatic carbocycles. The number of carbonyl (C=O) groups is 2. The Morgan fingerprint density at radius 1 is 1.50 bits per heavy atom. The quantitative estimate of drug-likeness (QED) is 0.848. The molecule has 0 saturated heterocycles. The van der Waals surface area contributed by atoms with Gasteiger partial charge in [-0.3, -0.25) is 4.79 Å². The van der Waals surface area contributed by atoms with Crippen molar-refractivity contribution in [2.75, 3.05) is 12.4 Å². The van der Waals surface area contributed by atoms with E-state index < -0.39 is 6.09 Å². The maximum Gasteiger partial charge on any atom is 0.407 e. The van der Waals surface area contributed by atoms with Crippen LogP contribution in [0.5, 0.6) is 0 Å². The SMILES string of the molecule is COC(=O)N[C@@H]1CCc2nc(NC(C)=O)sc2C1. The Balaban J connectivity index is 2.02. The second-order valence-electron chi connectivity index (χ2n) is 4.15. The molecule has 2 rings (SSSR count). The van der Waals surface area contributed by atoms with E-state index in [0.717, 1.165) is 29.8 Å². The zero-order chi connectivity index (χ0) is 13.1. The minimum absolute atomic E-state index is 0.0792.